The van der Waals surface area contributed by atoms with Gasteiger partial charge in [-0.05, 0) is 31.4 Å². The van der Waals surface area contributed by atoms with E-state index < -0.39 is 5.97 Å². The fraction of sp³-hybridized carbons (Fsp3) is 0.562. The fourth-order valence-corrected chi connectivity index (χ4v) is 2.31. The van der Waals surface area contributed by atoms with Crippen LogP contribution in [0.5, 0.6) is 0 Å². The normalized spacial score (nSPS) is 12.1. The highest BCUT2D eigenvalue weighted by Gasteiger charge is 2.16. The van der Waals surface area contributed by atoms with Gasteiger partial charge in [-0.2, -0.15) is 0 Å². The van der Waals surface area contributed by atoms with Gasteiger partial charge in [-0.1, -0.05) is 49.9 Å². The lowest BCUT2D eigenvalue weighted by Crippen LogP contribution is -2.36. The number of hydrogen-bond donors (Lipinski definition) is 1. The highest BCUT2D eigenvalue weighted by Crippen LogP contribution is 2.17. The SMILES string of the molecule is CC(C)CCC[C@H](C)NC(=O)COC(=O)c1nc(Cl)ccc1Cl. The molecule has 1 aromatic rings. The third-order valence-electron chi connectivity index (χ3n) is 3.17. The molecule has 1 heterocycles. The van der Waals surface area contributed by atoms with E-state index in [1.54, 1.807) is 0 Å². The van der Waals surface area contributed by atoms with Crippen LogP contribution in [0.4, 0.5) is 0 Å². The van der Waals surface area contributed by atoms with Crippen molar-refractivity contribution in [2.75, 3.05) is 6.61 Å². The zero-order valence-electron chi connectivity index (χ0n) is 13.6. The van der Waals surface area contributed by atoms with Crippen molar-refractivity contribution < 1.29 is 14.3 Å². The molecular formula is C16H22Cl2N2O3. The van der Waals surface area contributed by atoms with Gasteiger partial charge < -0.3 is 10.1 Å². The molecule has 0 radical (unpaired) electrons. The van der Waals surface area contributed by atoms with Gasteiger partial charge in [0.2, 0.25) is 0 Å². The summed E-state index contributed by atoms with van der Waals surface area (Å²) in [5, 5.41) is 3.05. The number of carbonyl (C=O) groups is 2. The van der Waals surface area contributed by atoms with Crippen molar-refractivity contribution in [3.8, 4) is 0 Å². The summed E-state index contributed by atoms with van der Waals surface area (Å²) in [5.41, 5.74) is -0.100. The molecule has 0 aliphatic heterocycles. The number of carbonyl (C=O) groups excluding carboxylic acids is 2. The van der Waals surface area contributed by atoms with Crippen LogP contribution in [0.1, 0.15) is 50.5 Å². The molecule has 0 aliphatic rings. The van der Waals surface area contributed by atoms with E-state index in [1.807, 2.05) is 6.92 Å². The molecule has 0 bridgehead atoms. The first-order valence-electron chi connectivity index (χ1n) is 7.58. The number of pyridine rings is 1. The van der Waals surface area contributed by atoms with E-state index in [0.717, 1.165) is 19.3 Å². The molecule has 0 aliphatic carbocycles. The zero-order valence-corrected chi connectivity index (χ0v) is 15.1. The number of halogens is 2. The maximum absolute atomic E-state index is 11.8. The van der Waals surface area contributed by atoms with E-state index in [2.05, 4.69) is 24.1 Å². The standard InChI is InChI=1S/C16H22Cl2N2O3/c1-10(2)5-4-6-11(3)19-14(21)9-23-16(22)15-12(17)7-8-13(18)20-15/h7-8,10-11H,4-6,9H2,1-3H3,(H,19,21)/t11-/m0/s1. The Morgan fingerprint density at radius 1 is 1.22 bits per heavy atom. The van der Waals surface area contributed by atoms with Crippen LogP contribution in [0.25, 0.3) is 0 Å². The highest BCUT2D eigenvalue weighted by atomic mass is 35.5. The molecule has 5 nitrogen and oxygen atoms in total. The smallest absolute Gasteiger partial charge is 0.359 e. The summed E-state index contributed by atoms with van der Waals surface area (Å²) in [4.78, 5) is 27.4. The van der Waals surface area contributed by atoms with E-state index in [9.17, 15) is 9.59 Å². The predicted molar refractivity (Wildman–Crippen MR) is 90.8 cm³/mol. The second-order valence-electron chi connectivity index (χ2n) is 5.83. The largest absolute Gasteiger partial charge is 0.451 e. The van der Waals surface area contributed by atoms with Crippen LogP contribution < -0.4 is 5.32 Å². The first-order chi connectivity index (χ1) is 10.8. The monoisotopic (exact) mass is 360 g/mol. The van der Waals surface area contributed by atoms with Crippen molar-refractivity contribution in [2.24, 2.45) is 5.92 Å². The molecule has 0 fully saturated rings. The van der Waals surface area contributed by atoms with Gasteiger partial charge in [0.25, 0.3) is 5.91 Å². The van der Waals surface area contributed by atoms with Crippen molar-refractivity contribution >= 4 is 35.1 Å². The third kappa shape index (κ3) is 7.66. The van der Waals surface area contributed by atoms with Crippen LogP contribution in [0.15, 0.2) is 12.1 Å². The lowest BCUT2D eigenvalue weighted by atomic mass is 10.0. The summed E-state index contributed by atoms with van der Waals surface area (Å²) in [6.45, 7) is 5.88. The minimum atomic E-state index is -0.778. The lowest BCUT2D eigenvalue weighted by molar-refractivity contribution is -0.124. The van der Waals surface area contributed by atoms with E-state index in [-0.39, 0.29) is 34.4 Å². The number of amides is 1. The van der Waals surface area contributed by atoms with Gasteiger partial charge in [0.1, 0.15) is 5.15 Å². The van der Waals surface area contributed by atoms with Gasteiger partial charge in [0, 0.05) is 6.04 Å². The van der Waals surface area contributed by atoms with Crippen molar-refractivity contribution in [1.82, 2.24) is 10.3 Å². The minimum absolute atomic E-state index is 0.0350. The summed E-state index contributed by atoms with van der Waals surface area (Å²) in [6.07, 6.45) is 3.05. The number of aromatic nitrogens is 1. The van der Waals surface area contributed by atoms with Crippen LogP contribution in [-0.2, 0) is 9.53 Å². The van der Waals surface area contributed by atoms with Gasteiger partial charge in [0.15, 0.2) is 12.3 Å². The molecule has 0 aromatic carbocycles. The van der Waals surface area contributed by atoms with E-state index in [0.29, 0.717) is 5.92 Å². The Labute approximate surface area is 146 Å². The van der Waals surface area contributed by atoms with E-state index >= 15 is 0 Å². The van der Waals surface area contributed by atoms with Crippen molar-refractivity contribution in [1.29, 1.82) is 0 Å². The molecule has 23 heavy (non-hydrogen) atoms. The number of esters is 1. The summed E-state index contributed by atoms with van der Waals surface area (Å²) < 4.78 is 4.91. The van der Waals surface area contributed by atoms with Crippen LogP contribution in [-0.4, -0.2) is 29.5 Å². The van der Waals surface area contributed by atoms with Crippen LogP contribution >= 0.6 is 23.2 Å². The average molecular weight is 361 g/mol. The topological polar surface area (TPSA) is 68.3 Å². The molecule has 0 spiro atoms. The van der Waals surface area contributed by atoms with Gasteiger partial charge in [-0.25, -0.2) is 9.78 Å². The number of nitrogens with zero attached hydrogens (tertiary/aromatic N) is 1. The molecule has 1 atom stereocenters. The second kappa shape index (κ2) is 9.73. The van der Waals surface area contributed by atoms with Gasteiger partial charge >= 0.3 is 5.97 Å². The summed E-state index contributed by atoms with van der Waals surface area (Å²) in [6, 6.07) is 2.95. The first-order valence-corrected chi connectivity index (χ1v) is 8.33. The number of hydrogen-bond acceptors (Lipinski definition) is 4. The zero-order chi connectivity index (χ0) is 17.4. The molecule has 1 N–H and O–H groups in total. The Kier molecular flexibility index (Phi) is 8.34. The van der Waals surface area contributed by atoms with Crippen LogP contribution in [0.2, 0.25) is 10.2 Å². The predicted octanol–water partition coefficient (Wildman–Crippen LogP) is 3.88. The van der Waals surface area contributed by atoms with Crippen molar-refractivity contribution in [3.05, 3.63) is 28.0 Å². The van der Waals surface area contributed by atoms with Crippen LogP contribution in [0, 0.1) is 5.92 Å². The van der Waals surface area contributed by atoms with Gasteiger partial charge in [-0.15, -0.1) is 0 Å². The van der Waals surface area contributed by atoms with Crippen molar-refractivity contribution in [2.45, 2.75) is 46.1 Å². The number of rotatable bonds is 8. The molecule has 128 valence electrons. The molecule has 1 rings (SSSR count). The molecule has 0 saturated heterocycles. The molecule has 1 amide bonds. The second-order valence-corrected chi connectivity index (χ2v) is 6.63. The number of ether oxygens (including phenoxy) is 1. The Balaban J connectivity index is 2.38. The molecular weight excluding hydrogens is 339 g/mol. The first kappa shape index (κ1) is 19.7. The van der Waals surface area contributed by atoms with Crippen LogP contribution in [0.3, 0.4) is 0 Å². The minimum Gasteiger partial charge on any atom is -0.451 e. The number of nitrogens with one attached hydrogen (secondary N) is 1. The molecule has 7 heteroatoms. The maximum Gasteiger partial charge on any atom is 0.359 e. The Bertz CT molecular complexity index is 550. The van der Waals surface area contributed by atoms with E-state index in [1.165, 1.54) is 12.1 Å². The quantitative estimate of drug-likeness (QED) is 0.564. The Hall–Kier alpha value is -1.33. The van der Waals surface area contributed by atoms with Crippen molar-refractivity contribution in [3.63, 3.8) is 0 Å². The fourth-order valence-electron chi connectivity index (χ4n) is 1.98. The summed E-state index contributed by atoms with van der Waals surface area (Å²) in [7, 11) is 0. The summed E-state index contributed by atoms with van der Waals surface area (Å²) >= 11 is 11.6. The third-order valence-corrected chi connectivity index (χ3v) is 3.68. The molecule has 1 aromatic heterocycles. The van der Waals surface area contributed by atoms with E-state index in [4.69, 9.17) is 27.9 Å². The Morgan fingerprint density at radius 3 is 2.57 bits per heavy atom. The van der Waals surface area contributed by atoms with Gasteiger partial charge in [-0.3, -0.25) is 4.79 Å². The summed E-state index contributed by atoms with van der Waals surface area (Å²) in [5.74, 6) is -0.484. The van der Waals surface area contributed by atoms with Gasteiger partial charge in [0.05, 0.1) is 5.02 Å². The lowest BCUT2D eigenvalue weighted by Gasteiger charge is -2.14. The average Bonchev–Trinajstić information content (AvgIpc) is 2.46. The Morgan fingerprint density at radius 2 is 1.91 bits per heavy atom. The highest BCUT2D eigenvalue weighted by molar-refractivity contribution is 6.34. The molecule has 0 unspecified atom stereocenters. The molecule has 0 saturated carbocycles. The maximum atomic E-state index is 11.8.